The Balaban J connectivity index is 2.16. The molecule has 92 valence electrons. The third kappa shape index (κ3) is 2.60. The van der Waals surface area contributed by atoms with Crippen molar-refractivity contribution in [2.75, 3.05) is 5.32 Å². The quantitative estimate of drug-likeness (QED) is 0.847. The van der Waals surface area contributed by atoms with Crippen LogP contribution in [0.4, 0.5) is 5.82 Å². The molecule has 2 aromatic heterocycles. The summed E-state index contributed by atoms with van der Waals surface area (Å²) in [4.78, 5) is 22.8. The summed E-state index contributed by atoms with van der Waals surface area (Å²) in [5, 5.41) is 11.9. The number of pyridine rings is 1. The van der Waals surface area contributed by atoms with Gasteiger partial charge in [0.1, 0.15) is 17.7 Å². The molecule has 2 N–H and O–H groups in total. The molecule has 0 aliphatic carbocycles. The molecule has 0 fully saturated rings. The molecule has 2 aromatic rings. The lowest BCUT2D eigenvalue weighted by Crippen LogP contribution is -2.10. The lowest BCUT2D eigenvalue weighted by atomic mass is 10.2. The molecular weight excluding hydrogens is 232 g/mol. The van der Waals surface area contributed by atoms with Gasteiger partial charge in [-0.2, -0.15) is 0 Å². The zero-order chi connectivity index (χ0) is 13.0. The van der Waals surface area contributed by atoms with E-state index in [0.717, 1.165) is 11.3 Å². The maximum atomic E-state index is 11.0. The summed E-state index contributed by atoms with van der Waals surface area (Å²) >= 11 is 0. The fourth-order valence-corrected chi connectivity index (χ4v) is 1.50. The lowest BCUT2D eigenvalue weighted by molar-refractivity contribution is 0.0697. The first kappa shape index (κ1) is 12.0. The maximum absolute atomic E-state index is 11.0. The fourth-order valence-electron chi connectivity index (χ4n) is 1.50. The molecule has 0 aliphatic rings. The number of aromatic carboxylic acids is 1. The second-order valence-electron chi connectivity index (χ2n) is 3.71. The van der Waals surface area contributed by atoms with Crippen molar-refractivity contribution in [2.45, 2.75) is 13.5 Å². The molecule has 18 heavy (non-hydrogen) atoms. The number of carboxylic acid groups (broad SMARTS) is 1. The number of rotatable bonds is 4. The number of anilines is 1. The third-order valence-electron chi connectivity index (χ3n) is 2.48. The summed E-state index contributed by atoms with van der Waals surface area (Å²) in [5.74, 6) is -0.765. The first-order chi connectivity index (χ1) is 8.68. The van der Waals surface area contributed by atoms with Crippen LogP contribution in [0.25, 0.3) is 0 Å². The Morgan fingerprint density at radius 1 is 1.44 bits per heavy atom. The van der Waals surface area contributed by atoms with Crippen molar-refractivity contribution in [2.24, 2.45) is 0 Å². The molecule has 0 saturated carbocycles. The van der Waals surface area contributed by atoms with Crippen LogP contribution in [0.3, 0.4) is 0 Å². The largest absolute Gasteiger partial charge is 0.477 e. The van der Waals surface area contributed by atoms with Crippen LogP contribution in [0, 0.1) is 6.92 Å². The Morgan fingerprint density at radius 2 is 2.28 bits per heavy atom. The van der Waals surface area contributed by atoms with Crippen LogP contribution in [0.15, 0.2) is 30.9 Å². The van der Waals surface area contributed by atoms with Crippen molar-refractivity contribution in [3.05, 3.63) is 47.7 Å². The summed E-state index contributed by atoms with van der Waals surface area (Å²) in [6.45, 7) is 2.37. The van der Waals surface area contributed by atoms with Gasteiger partial charge < -0.3 is 10.4 Å². The van der Waals surface area contributed by atoms with E-state index in [4.69, 9.17) is 5.11 Å². The van der Waals surface area contributed by atoms with E-state index >= 15 is 0 Å². The number of hydrogen-bond donors (Lipinski definition) is 2. The molecule has 0 radical (unpaired) electrons. The normalized spacial score (nSPS) is 10.1. The van der Waals surface area contributed by atoms with Gasteiger partial charge in [-0.3, -0.25) is 4.98 Å². The van der Waals surface area contributed by atoms with Crippen molar-refractivity contribution in [1.82, 2.24) is 15.0 Å². The molecule has 0 aromatic carbocycles. The summed E-state index contributed by atoms with van der Waals surface area (Å²) in [7, 11) is 0. The molecule has 0 bridgehead atoms. The second-order valence-corrected chi connectivity index (χ2v) is 3.71. The highest BCUT2D eigenvalue weighted by Gasteiger charge is 2.11. The molecule has 2 heterocycles. The Bertz CT molecular complexity index is 572. The highest BCUT2D eigenvalue weighted by molar-refractivity contribution is 5.92. The van der Waals surface area contributed by atoms with Gasteiger partial charge >= 0.3 is 5.97 Å². The molecule has 0 atom stereocenters. The van der Waals surface area contributed by atoms with E-state index in [1.165, 1.54) is 12.5 Å². The van der Waals surface area contributed by atoms with Crippen molar-refractivity contribution in [3.8, 4) is 0 Å². The highest BCUT2D eigenvalue weighted by atomic mass is 16.4. The average Bonchev–Trinajstić information content (AvgIpc) is 2.38. The van der Waals surface area contributed by atoms with Gasteiger partial charge in [-0.15, -0.1) is 0 Å². The first-order valence-corrected chi connectivity index (χ1v) is 5.36. The molecule has 6 nitrogen and oxygen atoms in total. The molecule has 0 aliphatic heterocycles. The zero-order valence-corrected chi connectivity index (χ0v) is 9.79. The number of hydrogen-bond acceptors (Lipinski definition) is 5. The highest BCUT2D eigenvalue weighted by Crippen LogP contribution is 2.12. The number of aryl methyl sites for hydroxylation is 1. The van der Waals surface area contributed by atoms with Gasteiger partial charge in [0.15, 0.2) is 0 Å². The minimum absolute atomic E-state index is 0.0473. The molecular formula is C12H12N4O2. The third-order valence-corrected chi connectivity index (χ3v) is 2.48. The van der Waals surface area contributed by atoms with Crippen LogP contribution in [0.5, 0.6) is 0 Å². The van der Waals surface area contributed by atoms with Crippen LogP contribution in [0.1, 0.15) is 21.6 Å². The van der Waals surface area contributed by atoms with Crippen molar-refractivity contribution in [1.29, 1.82) is 0 Å². The van der Waals surface area contributed by atoms with E-state index in [2.05, 4.69) is 20.3 Å². The Labute approximate surface area is 104 Å². The van der Waals surface area contributed by atoms with Crippen LogP contribution < -0.4 is 5.32 Å². The number of aromatic nitrogens is 3. The molecule has 0 saturated heterocycles. The van der Waals surface area contributed by atoms with Crippen molar-refractivity contribution in [3.63, 3.8) is 0 Å². The SMILES string of the molecule is Cc1cccnc1CNc1ncncc1C(=O)O. The Kier molecular flexibility index (Phi) is 3.47. The smallest absolute Gasteiger partial charge is 0.341 e. The van der Waals surface area contributed by atoms with Gasteiger partial charge in [-0.1, -0.05) is 6.07 Å². The number of nitrogens with zero attached hydrogens (tertiary/aromatic N) is 3. The van der Waals surface area contributed by atoms with E-state index in [1.807, 2.05) is 19.1 Å². The predicted molar refractivity (Wildman–Crippen MR) is 65.3 cm³/mol. The minimum atomic E-state index is -1.06. The molecule has 0 spiro atoms. The van der Waals surface area contributed by atoms with Gasteiger partial charge in [0.05, 0.1) is 12.2 Å². The van der Waals surface area contributed by atoms with E-state index in [9.17, 15) is 4.79 Å². The molecule has 0 unspecified atom stereocenters. The summed E-state index contributed by atoms with van der Waals surface area (Å²) < 4.78 is 0. The topological polar surface area (TPSA) is 88.0 Å². The van der Waals surface area contributed by atoms with Gasteiger partial charge in [0, 0.05) is 12.4 Å². The van der Waals surface area contributed by atoms with Crippen molar-refractivity contribution < 1.29 is 9.90 Å². The van der Waals surface area contributed by atoms with Crippen LogP contribution in [-0.4, -0.2) is 26.0 Å². The number of carbonyl (C=O) groups is 1. The molecule has 2 rings (SSSR count). The average molecular weight is 244 g/mol. The molecule has 0 amide bonds. The minimum Gasteiger partial charge on any atom is -0.477 e. The van der Waals surface area contributed by atoms with Crippen LogP contribution in [-0.2, 0) is 6.54 Å². The Morgan fingerprint density at radius 3 is 3.00 bits per heavy atom. The van der Waals surface area contributed by atoms with E-state index < -0.39 is 5.97 Å². The van der Waals surface area contributed by atoms with E-state index in [1.54, 1.807) is 6.20 Å². The number of carboxylic acids is 1. The van der Waals surface area contributed by atoms with Crippen LogP contribution >= 0.6 is 0 Å². The summed E-state index contributed by atoms with van der Waals surface area (Å²) in [6, 6.07) is 3.80. The second kappa shape index (κ2) is 5.22. The predicted octanol–water partition coefficient (Wildman–Crippen LogP) is 1.49. The summed E-state index contributed by atoms with van der Waals surface area (Å²) in [6.07, 6.45) is 4.27. The van der Waals surface area contributed by atoms with Gasteiger partial charge in [0.25, 0.3) is 0 Å². The van der Waals surface area contributed by atoms with Gasteiger partial charge in [-0.05, 0) is 18.6 Å². The number of nitrogens with one attached hydrogen (secondary N) is 1. The van der Waals surface area contributed by atoms with Crippen LogP contribution in [0.2, 0.25) is 0 Å². The fraction of sp³-hybridized carbons (Fsp3) is 0.167. The van der Waals surface area contributed by atoms with Crippen molar-refractivity contribution >= 4 is 11.8 Å². The Hall–Kier alpha value is -2.50. The zero-order valence-electron chi connectivity index (χ0n) is 9.79. The van der Waals surface area contributed by atoms with E-state index in [-0.39, 0.29) is 5.56 Å². The van der Waals surface area contributed by atoms with Gasteiger partial charge in [-0.25, -0.2) is 14.8 Å². The van der Waals surface area contributed by atoms with E-state index in [0.29, 0.717) is 12.4 Å². The molecule has 6 heteroatoms. The monoisotopic (exact) mass is 244 g/mol. The maximum Gasteiger partial charge on any atom is 0.341 e. The summed E-state index contributed by atoms with van der Waals surface area (Å²) in [5.41, 5.74) is 1.94. The standard InChI is InChI=1S/C12H12N4O2/c1-8-3-2-4-14-10(8)6-15-11-9(12(17)18)5-13-7-16-11/h2-5,7H,6H2,1H3,(H,17,18)(H,13,15,16). The van der Waals surface area contributed by atoms with Gasteiger partial charge in [0.2, 0.25) is 0 Å². The lowest BCUT2D eigenvalue weighted by Gasteiger charge is -2.08. The first-order valence-electron chi connectivity index (χ1n) is 5.36.